The fraction of sp³-hybridized carbons (Fsp3) is 0.368. The molecular weight excluding hydrogens is 480 g/mol. The molecule has 0 radical (unpaired) electrons. The molecule has 0 atom stereocenters. The number of thiophene rings is 1. The van der Waals surface area contributed by atoms with Crippen LogP contribution in [-0.4, -0.2) is 26.6 Å². The largest absolute Gasteiger partial charge is 0.365 e. The second-order valence-corrected chi connectivity index (χ2v) is 9.04. The van der Waals surface area contributed by atoms with Gasteiger partial charge in [-0.25, -0.2) is 13.8 Å². The summed E-state index contributed by atoms with van der Waals surface area (Å²) in [4.78, 5) is 29.0. The Morgan fingerprint density at radius 3 is 2.73 bits per heavy atom. The normalized spacial score (nSPS) is 13.9. The minimum Gasteiger partial charge on any atom is -0.365 e. The van der Waals surface area contributed by atoms with Crippen molar-refractivity contribution in [2.45, 2.75) is 45.1 Å². The Morgan fingerprint density at radius 1 is 1.43 bits per heavy atom. The number of carbonyl (C=O) groups excluding carboxylic acids is 2. The minimum atomic E-state index is -2.72. The van der Waals surface area contributed by atoms with Crippen molar-refractivity contribution in [1.29, 1.82) is 0 Å². The molecule has 158 valence electrons. The number of hydrogen-bond acceptors (Lipinski definition) is 5. The molecule has 0 spiro atoms. The molecule has 7 nitrogen and oxygen atoms in total. The number of nitrogens with one attached hydrogen (secondary N) is 1. The van der Waals surface area contributed by atoms with E-state index in [2.05, 4.69) is 31.3 Å². The number of hydrogen-bond donors (Lipinski definition) is 2. The third kappa shape index (κ3) is 4.08. The Labute approximate surface area is 182 Å². The van der Waals surface area contributed by atoms with Gasteiger partial charge in [0.1, 0.15) is 15.4 Å². The average Bonchev–Trinajstić information content (AvgIpc) is 3.39. The zero-order chi connectivity index (χ0) is 21.6. The van der Waals surface area contributed by atoms with Gasteiger partial charge in [-0.05, 0) is 53.2 Å². The summed E-state index contributed by atoms with van der Waals surface area (Å²) >= 11 is 4.30. The van der Waals surface area contributed by atoms with Crippen molar-refractivity contribution in [1.82, 2.24) is 14.8 Å². The summed E-state index contributed by atoms with van der Waals surface area (Å²) in [6, 6.07) is 1.38. The number of aromatic nitrogens is 3. The Kier molecular flexibility index (Phi) is 5.58. The molecule has 1 aliphatic rings. The second kappa shape index (κ2) is 8.03. The number of fused-ring (bicyclic) bond motifs is 1. The molecule has 3 N–H and O–H groups in total. The number of alkyl halides is 2. The van der Waals surface area contributed by atoms with E-state index in [4.69, 9.17) is 5.73 Å². The fourth-order valence-electron chi connectivity index (χ4n) is 3.29. The van der Waals surface area contributed by atoms with Crippen LogP contribution < -0.4 is 11.1 Å². The Morgan fingerprint density at radius 2 is 2.17 bits per heavy atom. The van der Waals surface area contributed by atoms with E-state index in [-0.39, 0.29) is 39.3 Å². The Hall–Kier alpha value is -2.40. The highest BCUT2D eigenvalue weighted by molar-refractivity contribution is 9.10. The van der Waals surface area contributed by atoms with Crippen LogP contribution in [0.1, 0.15) is 58.2 Å². The van der Waals surface area contributed by atoms with Gasteiger partial charge < -0.3 is 11.1 Å². The summed E-state index contributed by atoms with van der Waals surface area (Å²) < 4.78 is 29.1. The first kappa shape index (κ1) is 20.9. The summed E-state index contributed by atoms with van der Waals surface area (Å²) in [5.74, 6) is -0.954. The molecule has 0 unspecified atom stereocenters. The van der Waals surface area contributed by atoms with Gasteiger partial charge >= 0.3 is 0 Å². The maximum absolute atomic E-state index is 13.3. The van der Waals surface area contributed by atoms with Crippen LogP contribution in [0.15, 0.2) is 16.7 Å². The van der Waals surface area contributed by atoms with E-state index in [0.717, 1.165) is 34.3 Å². The van der Waals surface area contributed by atoms with Gasteiger partial charge in [0.2, 0.25) is 5.91 Å². The number of aryl methyl sites for hydroxylation is 2. The van der Waals surface area contributed by atoms with Crippen LogP contribution >= 0.6 is 27.3 Å². The van der Waals surface area contributed by atoms with Gasteiger partial charge in [-0.3, -0.25) is 14.3 Å². The van der Waals surface area contributed by atoms with E-state index >= 15 is 0 Å². The van der Waals surface area contributed by atoms with Gasteiger partial charge in [-0.1, -0.05) is 0 Å². The highest BCUT2D eigenvalue weighted by atomic mass is 79.9. The molecule has 4 rings (SSSR count). The van der Waals surface area contributed by atoms with Gasteiger partial charge in [-0.15, -0.1) is 11.3 Å². The number of rotatable bonds is 7. The van der Waals surface area contributed by atoms with Crippen LogP contribution in [0.4, 0.5) is 14.5 Å². The molecule has 11 heteroatoms. The zero-order valence-corrected chi connectivity index (χ0v) is 18.3. The molecule has 3 aromatic heterocycles. The van der Waals surface area contributed by atoms with Crippen LogP contribution in [0, 0.1) is 6.92 Å². The van der Waals surface area contributed by atoms with Crippen molar-refractivity contribution in [2.24, 2.45) is 5.73 Å². The van der Waals surface area contributed by atoms with E-state index in [0.29, 0.717) is 17.5 Å². The van der Waals surface area contributed by atoms with Crippen LogP contribution in [0.3, 0.4) is 0 Å². The molecule has 0 aliphatic heterocycles. The van der Waals surface area contributed by atoms with E-state index in [1.165, 1.54) is 6.07 Å². The summed E-state index contributed by atoms with van der Waals surface area (Å²) in [6.45, 7) is 2.19. The van der Waals surface area contributed by atoms with Gasteiger partial charge in [0.25, 0.3) is 12.3 Å². The van der Waals surface area contributed by atoms with Crippen molar-refractivity contribution in [3.8, 4) is 0 Å². The van der Waals surface area contributed by atoms with E-state index < -0.39 is 12.3 Å². The molecule has 3 aromatic rings. The average molecular weight is 498 g/mol. The standard InChI is InChI=1S/C19H18BrF2N5O2S/c1-8-11(20)7-27(26-8)5-4-13(28)25-15-14-10(9-2-3-9)6-12(17(21)22)24-19(14)30-16(15)18(23)29/h6-7,9,17H,2-5H2,1H3,(H2,23,29)(H,25,28). The highest BCUT2D eigenvalue weighted by Gasteiger charge is 2.31. The van der Waals surface area contributed by atoms with Crippen LogP contribution in [0.2, 0.25) is 0 Å². The van der Waals surface area contributed by atoms with Gasteiger partial charge in [0.05, 0.1) is 15.9 Å². The molecule has 0 aromatic carbocycles. The zero-order valence-electron chi connectivity index (χ0n) is 15.9. The van der Waals surface area contributed by atoms with Crippen LogP contribution in [0.25, 0.3) is 10.2 Å². The number of amides is 2. The Bertz CT molecular complexity index is 1140. The first-order valence-electron chi connectivity index (χ1n) is 9.29. The first-order valence-corrected chi connectivity index (χ1v) is 10.9. The summed E-state index contributed by atoms with van der Waals surface area (Å²) in [5.41, 5.74) is 6.93. The minimum absolute atomic E-state index is 0.108. The number of anilines is 1. The molecular formula is C19H18BrF2N5O2S. The lowest BCUT2D eigenvalue weighted by Crippen LogP contribution is -2.18. The summed E-state index contributed by atoms with van der Waals surface area (Å²) in [6.07, 6.45) is 0.901. The smallest absolute Gasteiger partial charge is 0.280 e. The predicted molar refractivity (Wildman–Crippen MR) is 113 cm³/mol. The predicted octanol–water partition coefficient (Wildman–Crippen LogP) is 4.51. The fourth-order valence-corrected chi connectivity index (χ4v) is 4.63. The first-order chi connectivity index (χ1) is 14.2. The highest BCUT2D eigenvalue weighted by Crippen LogP contribution is 2.48. The SMILES string of the molecule is Cc1nn(CCC(=O)Nc2c(C(N)=O)sc3nc(C(F)F)cc(C4CC4)c23)cc1Br. The van der Waals surface area contributed by atoms with Gasteiger partial charge in [0.15, 0.2) is 0 Å². The lowest BCUT2D eigenvalue weighted by atomic mass is 10.0. The Balaban J connectivity index is 1.67. The third-order valence-corrected chi connectivity index (χ3v) is 6.77. The van der Waals surface area contributed by atoms with E-state index in [1.807, 2.05) is 6.92 Å². The molecule has 1 fully saturated rings. The maximum Gasteiger partial charge on any atom is 0.280 e. The van der Waals surface area contributed by atoms with Crippen LogP contribution in [0.5, 0.6) is 0 Å². The lowest BCUT2D eigenvalue weighted by molar-refractivity contribution is -0.116. The number of pyridine rings is 1. The molecule has 1 saturated carbocycles. The number of halogens is 3. The number of primary amides is 1. The third-order valence-electron chi connectivity index (χ3n) is 4.90. The molecule has 3 heterocycles. The maximum atomic E-state index is 13.3. The van der Waals surface area contributed by atoms with Crippen LogP contribution in [-0.2, 0) is 11.3 Å². The summed E-state index contributed by atoms with van der Waals surface area (Å²) in [5, 5.41) is 7.59. The molecule has 30 heavy (non-hydrogen) atoms. The topological polar surface area (TPSA) is 103 Å². The molecule has 0 saturated heterocycles. The lowest BCUT2D eigenvalue weighted by Gasteiger charge is -2.10. The van der Waals surface area contributed by atoms with E-state index in [9.17, 15) is 18.4 Å². The van der Waals surface area contributed by atoms with Gasteiger partial charge in [-0.2, -0.15) is 5.10 Å². The number of carbonyl (C=O) groups is 2. The summed E-state index contributed by atoms with van der Waals surface area (Å²) in [7, 11) is 0. The van der Waals surface area contributed by atoms with Crippen molar-refractivity contribution >= 4 is 55.0 Å². The van der Waals surface area contributed by atoms with Crippen molar-refractivity contribution < 1.29 is 18.4 Å². The van der Waals surface area contributed by atoms with Gasteiger partial charge in [0, 0.05) is 24.5 Å². The number of nitrogens with zero attached hydrogens (tertiary/aromatic N) is 3. The quantitative estimate of drug-likeness (QED) is 0.501. The molecule has 2 amide bonds. The van der Waals surface area contributed by atoms with E-state index in [1.54, 1.807) is 10.9 Å². The van der Waals surface area contributed by atoms with Crippen molar-refractivity contribution in [3.05, 3.63) is 38.6 Å². The van der Waals surface area contributed by atoms with Crippen molar-refractivity contribution in [3.63, 3.8) is 0 Å². The molecule has 0 bridgehead atoms. The van der Waals surface area contributed by atoms with Crippen molar-refractivity contribution in [2.75, 3.05) is 5.32 Å². The monoisotopic (exact) mass is 497 g/mol. The number of nitrogens with two attached hydrogens (primary N) is 1. The second-order valence-electron chi connectivity index (χ2n) is 7.19. The molecule has 1 aliphatic carbocycles.